The van der Waals surface area contributed by atoms with E-state index in [1.807, 2.05) is 39.2 Å². The van der Waals surface area contributed by atoms with Gasteiger partial charge in [0.05, 0.1) is 18.6 Å². The van der Waals surface area contributed by atoms with Crippen molar-refractivity contribution in [3.63, 3.8) is 0 Å². The summed E-state index contributed by atoms with van der Waals surface area (Å²) in [6, 6.07) is 10.2. The second kappa shape index (κ2) is 6.71. The number of carbonyl (C=O) groups is 1. The van der Waals surface area contributed by atoms with Crippen molar-refractivity contribution in [2.45, 2.75) is 32.7 Å². The first-order valence-electron chi connectivity index (χ1n) is 6.83. The first-order valence-corrected chi connectivity index (χ1v) is 6.83. The fourth-order valence-electron chi connectivity index (χ4n) is 2.73. The highest BCUT2D eigenvalue weighted by atomic mass is 16.5. The lowest BCUT2D eigenvalue weighted by Crippen LogP contribution is -2.47. The molecule has 0 N–H and O–H groups in total. The molecule has 0 aliphatic heterocycles. The van der Waals surface area contributed by atoms with Gasteiger partial charge >= 0.3 is 5.97 Å². The smallest absolute Gasteiger partial charge is 0.308 e. The maximum atomic E-state index is 12.0. The van der Waals surface area contributed by atoms with Crippen LogP contribution in [-0.2, 0) is 15.1 Å². The highest BCUT2D eigenvalue weighted by Crippen LogP contribution is 2.38. The van der Waals surface area contributed by atoms with Gasteiger partial charge in [-0.25, -0.2) is 0 Å². The Kier molecular flexibility index (Phi) is 5.55. The summed E-state index contributed by atoms with van der Waals surface area (Å²) in [4.78, 5) is 14.1. The topological polar surface area (TPSA) is 29.5 Å². The van der Waals surface area contributed by atoms with Crippen LogP contribution in [0.4, 0.5) is 0 Å². The third-order valence-corrected chi connectivity index (χ3v) is 3.75. The first kappa shape index (κ1) is 15.7. The van der Waals surface area contributed by atoms with E-state index < -0.39 is 0 Å². The van der Waals surface area contributed by atoms with Crippen LogP contribution in [-0.4, -0.2) is 31.6 Å². The van der Waals surface area contributed by atoms with E-state index in [0.29, 0.717) is 18.9 Å². The number of benzene rings is 1. The number of hydrogen-bond acceptors (Lipinski definition) is 3. The fraction of sp³-hybridized carbons (Fsp3) is 0.562. The minimum atomic E-state index is -0.326. The van der Waals surface area contributed by atoms with Crippen molar-refractivity contribution in [1.29, 1.82) is 0 Å². The van der Waals surface area contributed by atoms with Crippen LogP contribution in [0.15, 0.2) is 30.3 Å². The Labute approximate surface area is 116 Å². The zero-order chi connectivity index (χ0) is 14.5. The fourth-order valence-corrected chi connectivity index (χ4v) is 2.73. The Hall–Kier alpha value is -1.35. The SMILES string of the molecule is CCOC(=O)CC(c1ccccc1)(C(C)C)N(C)C. The Bertz CT molecular complexity index is 390. The molecule has 3 nitrogen and oxygen atoms in total. The van der Waals surface area contributed by atoms with E-state index in [1.54, 1.807) is 0 Å². The van der Waals surface area contributed by atoms with E-state index in [9.17, 15) is 4.79 Å². The molecule has 0 radical (unpaired) electrons. The van der Waals surface area contributed by atoms with Crippen LogP contribution >= 0.6 is 0 Å². The predicted octanol–water partition coefficient (Wildman–Crippen LogP) is 3.05. The van der Waals surface area contributed by atoms with Crippen LogP contribution in [0.1, 0.15) is 32.8 Å². The largest absolute Gasteiger partial charge is 0.466 e. The molecule has 0 heterocycles. The molecule has 106 valence electrons. The number of rotatable bonds is 6. The van der Waals surface area contributed by atoms with Gasteiger partial charge in [0.2, 0.25) is 0 Å². The molecular weight excluding hydrogens is 238 g/mol. The van der Waals surface area contributed by atoms with Crippen LogP contribution < -0.4 is 0 Å². The number of hydrogen-bond donors (Lipinski definition) is 0. The van der Waals surface area contributed by atoms with Crippen molar-refractivity contribution in [3.05, 3.63) is 35.9 Å². The molecule has 0 saturated carbocycles. The molecule has 0 aliphatic rings. The minimum Gasteiger partial charge on any atom is -0.466 e. The van der Waals surface area contributed by atoms with Crippen molar-refractivity contribution in [3.8, 4) is 0 Å². The summed E-state index contributed by atoms with van der Waals surface area (Å²) in [5.74, 6) is 0.156. The molecule has 0 amide bonds. The van der Waals surface area contributed by atoms with Gasteiger partial charge in [-0.15, -0.1) is 0 Å². The highest BCUT2D eigenvalue weighted by Gasteiger charge is 2.40. The average molecular weight is 263 g/mol. The molecule has 3 heteroatoms. The monoisotopic (exact) mass is 263 g/mol. The van der Waals surface area contributed by atoms with Crippen LogP contribution in [0.5, 0.6) is 0 Å². The van der Waals surface area contributed by atoms with Crippen molar-refractivity contribution in [1.82, 2.24) is 4.90 Å². The van der Waals surface area contributed by atoms with E-state index in [4.69, 9.17) is 4.74 Å². The Balaban J connectivity index is 3.19. The number of carbonyl (C=O) groups excluding carboxylic acids is 1. The quantitative estimate of drug-likeness (QED) is 0.739. The summed E-state index contributed by atoms with van der Waals surface area (Å²) < 4.78 is 5.15. The first-order chi connectivity index (χ1) is 8.95. The third-order valence-electron chi connectivity index (χ3n) is 3.75. The molecule has 0 bridgehead atoms. The molecule has 0 aliphatic carbocycles. The molecule has 1 atom stereocenters. The zero-order valence-corrected chi connectivity index (χ0v) is 12.6. The van der Waals surface area contributed by atoms with Crippen molar-refractivity contribution >= 4 is 5.97 Å². The lowest BCUT2D eigenvalue weighted by Gasteiger charge is -2.43. The van der Waals surface area contributed by atoms with Gasteiger partial charge in [-0.3, -0.25) is 9.69 Å². The van der Waals surface area contributed by atoms with E-state index in [1.165, 1.54) is 0 Å². The molecule has 1 aromatic carbocycles. The lowest BCUT2D eigenvalue weighted by molar-refractivity contribution is -0.147. The van der Waals surface area contributed by atoms with Crippen LogP contribution in [0, 0.1) is 5.92 Å². The third kappa shape index (κ3) is 3.35. The average Bonchev–Trinajstić information content (AvgIpc) is 2.36. The van der Waals surface area contributed by atoms with E-state index >= 15 is 0 Å². The molecule has 1 rings (SSSR count). The molecule has 0 saturated heterocycles. The highest BCUT2D eigenvalue weighted by molar-refractivity contribution is 5.71. The number of esters is 1. The number of nitrogens with zero attached hydrogens (tertiary/aromatic N) is 1. The standard InChI is InChI=1S/C16H25NO2/c1-6-19-15(18)12-16(13(2)3,17(4)5)14-10-8-7-9-11-14/h7-11,13H,6,12H2,1-5H3. The molecule has 1 unspecified atom stereocenters. The van der Waals surface area contributed by atoms with Crippen molar-refractivity contribution < 1.29 is 9.53 Å². The number of ether oxygens (including phenoxy) is 1. The summed E-state index contributed by atoms with van der Waals surface area (Å²) >= 11 is 0. The normalized spacial score (nSPS) is 14.5. The van der Waals surface area contributed by atoms with Crippen molar-refractivity contribution in [2.75, 3.05) is 20.7 Å². The maximum absolute atomic E-state index is 12.0. The van der Waals surface area contributed by atoms with Gasteiger partial charge in [0.15, 0.2) is 0 Å². The molecule has 1 aromatic rings. The van der Waals surface area contributed by atoms with Gasteiger partial charge < -0.3 is 4.74 Å². The van der Waals surface area contributed by atoms with E-state index in [0.717, 1.165) is 5.56 Å². The van der Waals surface area contributed by atoms with Gasteiger partial charge in [-0.1, -0.05) is 44.2 Å². The second-order valence-corrected chi connectivity index (χ2v) is 5.32. The van der Waals surface area contributed by atoms with Crippen LogP contribution in [0.3, 0.4) is 0 Å². The van der Waals surface area contributed by atoms with E-state index in [2.05, 4.69) is 30.9 Å². The molecule has 0 aromatic heterocycles. The molecular formula is C16H25NO2. The lowest BCUT2D eigenvalue weighted by atomic mass is 9.76. The molecule has 0 spiro atoms. The van der Waals surface area contributed by atoms with Gasteiger partial charge in [-0.2, -0.15) is 0 Å². The summed E-state index contributed by atoms with van der Waals surface area (Å²) in [5, 5.41) is 0. The van der Waals surface area contributed by atoms with Gasteiger partial charge in [0, 0.05) is 0 Å². The van der Waals surface area contributed by atoms with Crippen LogP contribution in [0.2, 0.25) is 0 Å². The molecule has 19 heavy (non-hydrogen) atoms. The summed E-state index contributed by atoms with van der Waals surface area (Å²) in [7, 11) is 4.04. The van der Waals surface area contributed by atoms with Gasteiger partial charge in [0.1, 0.15) is 0 Å². The predicted molar refractivity (Wildman–Crippen MR) is 77.9 cm³/mol. The van der Waals surface area contributed by atoms with Crippen molar-refractivity contribution in [2.24, 2.45) is 5.92 Å². The summed E-state index contributed by atoms with van der Waals surface area (Å²) in [5.41, 5.74) is 0.830. The van der Waals surface area contributed by atoms with Gasteiger partial charge in [-0.05, 0) is 32.5 Å². The van der Waals surface area contributed by atoms with Gasteiger partial charge in [0.25, 0.3) is 0 Å². The zero-order valence-electron chi connectivity index (χ0n) is 12.6. The Morgan fingerprint density at radius 2 is 1.84 bits per heavy atom. The van der Waals surface area contributed by atoms with Crippen LogP contribution in [0.25, 0.3) is 0 Å². The Morgan fingerprint density at radius 1 is 1.26 bits per heavy atom. The summed E-state index contributed by atoms with van der Waals surface area (Å²) in [6.07, 6.45) is 0.371. The molecule has 0 fully saturated rings. The summed E-state index contributed by atoms with van der Waals surface area (Å²) in [6.45, 7) is 6.56. The second-order valence-electron chi connectivity index (χ2n) is 5.32. The van der Waals surface area contributed by atoms with E-state index in [-0.39, 0.29) is 11.5 Å². The Morgan fingerprint density at radius 3 is 2.26 bits per heavy atom. The maximum Gasteiger partial charge on any atom is 0.308 e. The minimum absolute atomic E-state index is 0.145.